The molecule has 7 heteroatoms. The number of fused-ring (bicyclic) bond motifs is 1. The third kappa shape index (κ3) is 2.21. The first kappa shape index (κ1) is 11.9. The Labute approximate surface area is 110 Å². The Hall–Kier alpha value is -1.18. The first-order valence-corrected chi connectivity index (χ1v) is 7.01. The first-order valence-electron chi connectivity index (χ1n) is 6.19. The molecule has 6 nitrogen and oxygen atoms in total. The zero-order chi connectivity index (χ0) is 12.5. The van der Waals surface area contributed by atoms with Gasteiger partial charge in [0.05, 0.1) is 0 Å². The molecule has 1 unspecified atom stereocenters. The molecule has 1 aromatic heterocycles. The van der Waals surface area contributed by atoms with Crippen LogP contribution in [0.15, 0.2) is 6.20 Å². The van der Waals surface area contributed by atoms with E-state index >= 15 is 0 Å². The minimum Gasteiger partial charge on any atom is -0.337 e. The number of nitrogens with zero attached hydrogens (tertiary/aromatic N) is 3. The summed E-state index contributed by atoms with van der Waals surface area (Å²) in [5, 5.41) is 0.750. The number of nitrogens with one attached hydrogen (secondary N) is 1. The number of amides is 1. The standard InChI is InChI=1S/C11H17N5OS/c12-14-11-13-5-9(18-11)7-15-3-4-16-8(6-15)1-2-10(16)17/h5,8H,1-4,6-7,12H2,(H,13,14). The molecule has 0 bridgehead atoms. The fraction of sp³-hybridized carbons (Fsp3) is 0.636. The van der Waals surface area contributed by atoms with E-state index in [0.29, 0.717) is 11.9 Å². The van der Waals surface area contributed by atoms with Crippen LogP contribution in [0.25, 0.3) is 0 Å². The van der Waals surface area contributed by atoms with Gasteiger partial charge in [-0.3, -0.25) is 15.1 Å². The molecule has 1 atom stereocenters. The number of hydrogen-bond acceptors (Lipinski definition) is 6. The van der Waals surface area contributed by atoms with Crippen molar-refractivity contribution in [3.05, 3.63) is 11.1 Å². The predicted octanol–water partition coefficient (Wildman–Crippen LogP) is 0.235. The van der Waals surface area contributed by atoms with Gasteiger partial charge in [0, 0.05) is 49.7 Å². The molecular formula is C11H17N5OS. The average Bonchev–Trinajstić information content (AvgIpc) is 2.97. The molecule has 0 aliphatic carbocycles. The number of aromatic nitrogens is 1. The number of anilines is 1. The van der Waals surface area contributed by atoms with Crippen molar-refractivity contribution >= 4 is 22.4 Å². The zero-order valence-corrected chi connectivity index (χ0v) is 10.9. The molecule has 18 heavy (non-hydrogen) atoms. The van der Waals surface area contributed by atoms with Crippen molar-refractivity contribution in [3.63, 3.8) is 0 Å². The molecule has 0 spiro atoms. The Morgan fingerprint density at radius 2 is 2.44 bits per heavy atom. The molecule has 0 saturated carbocycles. The normalized spacial score (nSPS) is 24.4. The van der Waals surface area contributed by atoms with E-state index in [1.54, 1.807) is 11.3 Å². The topological polar surface area (TPSA) is 74.5 Å². The Bertz CT molecular complexity index is 448. The fourth-order valence-corrected chi connectivity index (χ4v) is 3.51. The van der Waals surface area contributed by atoms with Crippen LogP contribution in [-0.2, 0) is 11.3 Å². The SMILES string of the molecule is NNc1ncc(CN2CCN3C(=O)CCC3C2)s1. The van der Waals surface area contributed by atoms with Crippen LogP contribution in [0.4, 0.5) is 5.13 Å². The number of hydrogen-bond donors (Lipinski definition) is 2. The van der Waals surface area contributed by atoms with Gasteiger partial charge in [-0.1, -0.05) is 11.3 Å². The van der Waals surface area contributed by atoms with Gasteiger partial charge in [0.15, 0.2) is 5.13 Å². The number of carbonyl (C=O) groups excluding carboxylic acids is 1. The van der Waals surface area contributed by atoms with Gasteiger partial charge >= 0.3 is 0 Å². The Balaban J connectivity index is 1.60. The zero-order valence-electron chi connectivity index (χ0n) is 10.1. The van der Waals surface area contributed by atoms with Gasteiger partial charge in [0.2, 0.25) is 5.91 Å². The van der Waals surface area contributed by atoms with Gasteiger partial charge in [-0.15, -0.1) is 0 Å². The van der Waals surface area contributed by atoms with Crippen LogP contribution in [-0.4, -0.2) is 46.4 Å². The monoisotopic (exact) mass is 267 g/mol. The maximum atomic E-state index is 11.6. The molecule has 3 N–H and O–H groups in total. The van der Waals surface area contributed by atoms with Gasteiger partial charge in [-0.05, 0) is 6.42 Å². The summed E-state index contributed by atoms with van der Waals surface area (Å²) in [5.41, 5.74) is 2.56. The third-order valence-electron chi connectivity index (χ3n) is 3.64. The summed E-state index contributed by atoms with van der Waals surface area (Å²) in [7, 11) is 0. The summed E-state index contributed by atoms with van der Waals surface area (Å²) in [6.07, 6.45) is 3.60. The molecule has 2 aliphatic heterocycles. The van der Waals surface area contributed by atoms with E-state index in [1.807, 2.05) is 11.1 Å². The van der Waals surface area contributed by atoms with Crippen molar-refractivity contribution in [2.45, 2.75) is 25.4 Å². The summed E-state index contributed by atoms with van der Waals surface area (Å²) >= 11 is 1.58. The lowest BCUT2D eigenvalue weighted by molar-refractivity contribution is -0.130. The molecule has 2 aliphatic rings. The number of nitrogen functional groups attached to an aromatic ring is 1. The highest BCUT2D eigenvalue weighted by Gasteiger charge is 2.35. The number of thiazole rings is 1. The number of rotatable bonds is 3. The van der Waals surface area contributed by atoms with E-state index < -0.39 is 0 Å². The molecule has 2 saturated heterocycles. The highest BCUT2D eigenvalue weighted by atomic mass is 32.1. The lowest BCUT2D eigenvalue weighted by Gasteiger charge is -2.37. The number of nitrogens with two attached hydrogens (primary N) is 1. The van der Waals surface area contributed by atoms with Crippen molar-refractivity contribution in [2.75, 3.05) is 25.1 Å². The predicted molar refractivity (Wildman–Crippen MR) is 69.9 cm³/mol. The number of piperazine rings is 1. The highest BCUT2D eigenvalue weighted by Crippen LogP contribution is 2.25. The largest absolute Gasteiger partial charge is 0.337 e. The molecule has 2 fully saturated rings. The van der Waals surface area contributed by atoms with Crippen molar-refractivity contribution in [1.82, 2.24) is 14.8 Å². The molecule has 1 aromatic rings. The lowest BCUT2D eigenvalue weighted by atomic mass is 10.1. The highest BCUT2D eigenvalue weighted by molar-refractivity contribution is 7.15. The van der Waals surface area contributed by atoms with Crippen LogP contribution in [0.3, 0.4) is 0 Å². The maximum Gasteiger partial charge on any atom is 0.222 e. The van der Waals surface area contributed by atoms with Crippen molar-refractivity contribution in [2.24, 2.45) is 5.84 Å². The van der Waals surface area contributed by atoms with E-state index in [4.69, 9.17) is 5.84 Å². The van der Waals surface area contributed by atoms with Crippen molar-refractivity contribution in [1.29, 1.82) is 0 Å². The molecular weight excluding hydrogens is 250 g/mol. The maximum absolute atomic E-state index is 11.6. The smallest absolute Gasteiger partial charge is 0.222 e. The number of carbonyl (C=O) groups is 1. The van der Waals surface area contributed by atoms with Crippen LogP contribution < -0.4 is 11.3 Å². The van der Waals surface area contributed by atoms with Crippen LogP contribution in [0.5, 0.6) is 0 Å². The summed E-state index contributed by atoms with van der Waals surface area (Å²) in [6, 6.07) is 0.422. The van der Waals surface area contributed by atoms with Gasteiger partial charge in [0.1, 0.15) is 0 Å². The third-order valence-corrected chi connectivity index (χ3v) is 4.55. The summed E-state index contributed by atoms with van der Waals surface area (Å²) in [5.74, 6) is 5.65. The Kier molecular flexibility index (Phi) is 3.19. The second kappa shape index (κ2) is 4.83. The van der Waals surface area contributed by atoms with Crippen molar-refractivity contribution in [3.8, 4) is 0 Å². The van der Waals surface area contributed by atoms with Crippen LogP contribution >= 0.6 is 11.3 Å². The molecule has 0 aromatic carbocycles. The molecule has 3 rings (SSSR count). The van der Waals surface area contributed by atoms with E-state index in [-0.39, 0.29) is 0 Å². The van der Waals surface area contributed by atoms with Gasteiger partial charge in [-0.2, -0.15) is 0 Å². The fourth-order valence-electron chi connectivity index (χ4n) is 2.74. The average molecular weight is 267 g/mol. The van der Waals surface area contributed by atoms with Crippen molar-refractivity contribution < 1.29 is 4.79 Å². The molecule has 0 radical (unpaired) electrons. The molecule has 3 heterocycles. The summed E-state index contributed by atoms with van der Waals surface area (Å²) in [4.78, 5) is 21.4. The Morgan fingerprint density at radius 3 is 3.22 bits per heavy atom. The van der Waals surface area contributed by atoms with E-state index in [1.165, 1.54) is 4.88 Å². The molecule has 1 amide bonds. The summed E-state index contributed by atoms with van der Waals surface area (Å²) in [6.45, 7) is 3.70. The van der Waals surface area contributed by atoms with Crippen LogP contribution in [0.2, 0.25) is 0 Å². The lowest BCUT2D eigenvalue weighted by Crippen LogP contribution is -2.50. The van der Waals surface area contributed by atoms with Gasteiger partial charge in [-0.25, -0.2) is 10.8 Å². The number of hydrazine groups is 1. The van der Waals surface area contributed by atoms with E-state index in [9.17, 15) is 4.79 Å². The van der Waals surface area contributed by atoms with Crippen LogP contribution in [0, 0.1) is 0 Å². The van der Waals surface area contributed by atoms with Crippen LogP contribution in [0.1, 0.15) is 17.7 Å². The molecule has 98 valence electrons. The minimum absolute atomic E-state index is 0.326. The second-order valence-corrected chi connectivity index (χ2v) is 5.91. The van der Waals surface area contributed by atoms with E-state index in [0.717, 1.165) is 44.2 Å². The second-order valence-electron chi connectivity index (χ2n) is 4.79. The summed E-state index contributed by atoms with van der Waals surface area (Å²) < 4.78 is 0. The minimum atomic E-state index is 0.326. The van der Waals surface area contributed by atoms with Gasteiger partial charge in [0.25, 0.3) is 0 Å². The van der Waals surface area contributed by atoms with E-state index in [2.05, 4.69) is 15.3 Å². The first-order chi connectivity index (χ1) is 8.76. The Morgan fingerprint density at radius 1 is 1.56 bits per heavy atom. The quantitative estimate of drug-likeness (QED) is 0.606. The van der Waals surface area contributed by atoms with Gasteiger partial charge < -0.3 is 4.90 Å².